The molecule has 1 amide bonds. The molecule has 0 radical (unpaired) electrons. The zero-order valence-electron chi connectivity index (χ0n) is 8.86. The van der Waals surface area contributed by atoms with Gasteiger partial charge < -0.3 is 10.1 Å². The second kappa shape index (κ2) is 5.71. The largest absolute Gasteiger partial charge is 0.447 e. The number of alkyl halides is 3. The summed E-state index contributed by atoms with van der Waals surface area (Å²) in [6.07, 6.45) is -0.510. The number of halogens is 4. The number of cyclic esters (lactones) is 1. The molecular weight excluding hydrogens is 291 g/mol. The molecule has 1 saturated heterocycles. The van der Waals surface area contributed by atoms with Crippen LogP contribution in [0.4, 0.5) is 18.0 Å². The average molecular weight is 300 g/mol. The Bertz CT molecular complexity index is 424. The van der Waals surface area contributed by atoms with Crippen LogP contribution in [-0.2, 0) is 4.74 Å². The Kier molecular flexibility index (Phi) is 4.75. The molecule has 1 fully saturated rings. The molecule has 1 atom stereocenters. The fourth-order valence-corrected chi connectivity index (χ4v) is 2.01. The van der Waals surface area contributed by atoms with E-state index in [1.165, 1.54) is 12.1 Å². The van der Waals surface area contributed by atoms with Crippen molar-refractivity contribution in [3.63, 3.8) is 0 Å². The van der Waals surface area contributed by atoms with E-state index >= 15 is 0 Å². The molecule has 1 aliphatic heterocycles. The molecule has 1 aromatic rings. The monoisotopic (exact) mass is 299 g/mol. The van der Waals surface area contributed by atoms with Crippen molar-refractivity contribution >= 4 is 30.3 Å². The Balaban J connectivity index is 0.00000162. The normalized spacial score (nSPS) is 18.8. The van der Waals surface area contributed by atoms with E-state index in [0.717, 1.165) is 5.56 Å². The predicted octanol–water partition coefficient (Wildman–Crippen LogP) is 3.50. The Morgan fingerprint density at radius 1 is 1.28 bits per heavy atom. The van der Waals surface area contributed by atoms with Crippen LogP contribution < -0.4 is 5.32 Å². The molecule has 0 spiro atoms. The van der Waals surface area contributed by atoms with Gasteiger partial charge in [0, 0.05) is 4.90 Å². The van der Waals surface area contributed by atoms with Crippen molar-refractivity contribution in [2.75, 3.05) is 6.61 Å². The molecule has 0 unspecified atom stereocenters. The van der Waals surface area contributed by atoms with Crippen LogP contribution in [-0.4, -0.2) is 18.2 Å². The van der Waals surface area contributed by atoms with Gasteiger partial charge in [-0.1, -0.05) is 12.1 Å². The number of carbonyl (C=O) groups excluding carboxylic acids is 1. The molecule has 100 valence electrons. The Morgan fingerprint density at radius 2 is 1.89 bits per heavy atom. The third-order valence-electron chi connectivity index (χ3n) is 2.19. The van der Waals surface area contributed by atoms with Gasteiger partial charge in [0.2, 0.25) is 0 Å². The lowest BCUT2D eigenvalue weighted by atomic mass is 10.1. The topological polar surface area (TPSA) is 38.3 Å². The highest BCUT2D eigenvalue weighted by atomic mass is 35.5. The van der Waals surface area contributed by atoms with Gasteiger partial charge in [0.05, 0.1) is 6.04 Å². The quantitative estimate of drug-likeness (QED) is 0.849. The molecule has 2 rings (SSSR count). The third kappa shape index (κ3) is 3.99. The summed E-state index contributed by atoms with van der Waals surface area (Å²) in [6.45, 7) is 0.199. The number of amides is 1. The van der Waals surface area contributed by atoms with Gasteiger partial charge in [0.1, 0.15) is 6.61 Å². The first-order valence-electron chi connectivity index (χ1n) is 4.73. The average Bonchev–Trinajstić information content (AvgIpc) is 2.63. The summed E-state index contributed by atoms with van der Waals surface area (Å²) in [5.74, 6) is 0. The first-order chi connectivity index (χ1) is 7.94. The lowest BCUT2D eigenvalue weighted by Crippen LogP contribution is -2.18. The van der Waals surface area contributed by atoms with Crippen molar-refractivity contribution in [1.29, 1.82) is 0 Å². The van der Waals surface area contributed by atoms with Crippen molar-refractivity contribution in [2.45, 2.75) is 16.4 Å². The number of alkyl carbamates (subject to hydrolysis) is 1. The van der Waals surface area contributed by atoms with Gasteiger partial charge in [-0.15, -0.1) is 12.4 Å². The van der Waals surface area contributed by atoms with Crippen molar-refractivity contribution < 1.29 is 22.7 Å². The van der Waals surface area contributed by atoms with Crippen molar-refractivity contribution in [3.05, 3.63) is 29.8 Å². The summed E-state index contributed by atoms with van der Waals surface area (Å²) >= 11 is -0.166. The van der Waals surface area contributed by atoms with Gasteiger partial charge in [0.15, 0.2) is 0 Å². The maximum atomic E-state index is 12.1. The van der Waals surface area contributed by atoms with E-state index in [-0.39, 0.29) is 41.7 Å². The smallest absolute Gasteiger partial charge is 0.446 e. The number of carbonyl (C=O) groups is 1. The fraction of sp³-hybridized carbons (Fsp3) is 0.300. The van der Waals surface area contributed by atoms with E-state index in [1.807, 2.05) is 0 Å². The van der Waals surface area contributed by atoms with Crippen LogP contribution in [0.1, 0.15) is 11.6 Å². The van der Waals surface area contributed by atoms with Gasteiger partial charge in [-0.3, -0.25) is 0 Å². The van der Waals surface area contributed by atoms with Crippen molar-refractivity contribution in [2.24, 2.45) is 0 Å². The summed E-state index contributed by atoms with van der Waals surface area (Å²) in [5.41, 5.74) is -3.56. The van der Waals surface area contributed by atoms with Crippen molar-refractivity contribution in [1.82, 2.24) is 5.32 Å². The Morgan fingerprint density at radius 3 is 2.33 bits per heavy atom. The van der Waals surface area contributed by atoms with E-state index in [9.17, 15) is 18.0 Å². The highest BCUT2D eigenvalue weighted by Crippen LogP contribution is 2.37. The number of nitrogens with one attached hydrogen (secondary N) is 1. The van der Waals surface area contributed by atoms with Crippen LogP contribution in [0, 0.1) is 0 Å². The van der Waals surface area contributed by atoms with E-state index in [2.05, 4.69) is 5.32 Å². The maximum Gasteiger partial charge on any atom is 0.446 e. The zero-order valence-corrected chi connectivity index (χ0v) is 10.5. The molecule has 1 heterocycles. The second-order valence-electron chi connectivity index (χ2n) is 3.41. The van der Waals surface area contributed by atoms with Crippen LogP contribution in [0.15, 0.2) is 29.2 Å². The van der Waals surface area contributed by atoms with Gasteiger partial charge in [-0.25, -0.2) is 4.79 Å². The Hall–Kier alpha value is -1.08. The van der Waals surface area contributed by atoms with Gasteiger partial charge in [0.25, 0.3) is 0 Å². The van der Waals surface area contributed by atoms with E-state index in [0.29, 0.717) is 0 Å². The second-order valence-corrected chi connectivity index (χ2v) is 4.55. The summed E-state index contributed by atoms with van der Waals surface area (Å²) in [4.78, 5) is 10.9. The number of rotatable bonds is 2. The summed E-state index contributed by atoms with van der Waals surface area (Å²) in [7, 11) is 0. The fourth-order valence-electron chi connectivity index (χ4n) is 1.47. The highest BCUT2D eigenvalue weighted by molar-refractivity contribution is 8.00. The van der Waals surface area contributed by atoms with E-state index in [4.69, 9.17) is 4.74 Å². The number of hydrogen-bond acceptors (Lipinski definition) is 3. The highest BCUT2D eigenvalue weighted by Gasteiger charge is 2.29. The first-order valence-corrected chi connectivity index (χ1v) is 5.55. The minimum atomic E-state index is -4.29. The van der Waals surface area contributed by atoms with Crippen LogP contribution >= 0.6 is 24.2 Å². The summed E-state index contributed by atoms with van der Waals surface area (Å²) < 4.78 is 40.9. The van der Waals surface area contributed by atoms with Gasteiger partial charge in [-0.2, -0.15) is 13.2 Å². The van der Waals surface area contributed by atoms with Crippen LogP contribution in [0.25, 0.3) is 0 Å². The Labute approximate surface area is 111 Å². The van der Waals surface area contributed by atoms with Gasteiger partial charge >= 0.3 is 11.6 Å². The van der Waals surface area contributed by atoms with Gasteiger partial charge in [-0.05, 0) is 29.5 Å². The minimum absolute atomic E-state index is 0. The summed E-state index contributed by atoms with van der Waals surface area (Å²) in [5, 5.41) is 2.55. The molecule has 1 aliphatic rings. The van der Waals surface area contributed by atoms with E-state index in [1.54, 1.807) is 12.1 Å². The molecule has 1 aromatic carbocycles. The molecule has 18 heavy (non-hydrogen) atoms. The molecule has 1 N–H and O–H groups in total. The molecule has 3 nitrogen and oxygen atoms in total. The zero-order chi connectivity index (χ0) is 12.5. The standard InChI is InChI=1S/C10H8F3NO2S.ClH/c11-10(12,13)17-7-3-1-6(2-4-7)8-5-16-9(15)14-8;/h1-4,8H,5H2,(H,14,15);1H/t8-;/m1./s1. The van der Waals surface area contributed by atoms with Crippen molar-refractivity contribution in [3.8, 4) is 0 Å². The molecule has 0 aromatic heterocycles. The number of ether oxygens (including phenoxy) is 1. The minimum Gasteiger partial charge on any atom is -0.447 e. The maximum absolute atomic E-state index is 12.1. The molecule has 0 bridgehead atoms. The van der Waals surface area contributed by atoms with Crippen LogP contribution in [0.3, 0.4) is 0 Å². The molecule has 0 saturated carbocycles. The molecule has 8 heteroatoms. The molecular formula is C10H9ClF3NO2S. The number of benzene rings is 1. The number of thioether (sulfide) groups is 1. The predicted molar refractivity (Wildman–Crippen MR) is 62.8 cm³/mol. The van der Waals surface area contributed by atoms with Crippen LogP contribution in [0.2, 0.25) is 0 Å². The SMILES string of the molecule is Cl.O=C1N[C@@H](c2ccc(SC(F)(F)F)cc2)CO1. The lowest BCUT2D eigenvalue weighted by molar-refractivity contribution is -0.0328. The lowest BCUT2D eigenvalue weighted by Gasteiger charge is -2.09. The number of hydrogen-bond donors (Lipinski definition) is 1. The van der Waals surface area contributed by atoms with Crippen LogP contribution in [0.5, 0.6) is 0 Å². The first kappa shape index (κ1) is 15.0. The third-order valence-corrected chi connectivity index (χ3v) is 2.93. The van der Waals surface area contributed by atoms with E-state index < -0.39 is 11.6 Å². The summed E-state index contributed by atoms with van der Waals surface area (Å²) in [6, 6.07) is 5.56. The molecule has 0 aliphatic carbocycles.